The van der Waals surface area contributed by atoms with Gasteiger partial charge in [-0.2, -0.15) is 0 Å². The first-order valence-corrected chi connectivity index (χ1v) is 5.54. The lowest BCUT2D eigenvalue weighted by Gasteiger charge is -2.15. The molecule has 17 heavy (non-hydrogen) atoms. The molecule has 0 unspecified atom stereocenters. The summed E-state index contributed by atoms with van der Waals surface area (Å²) < 4.78 is 5.30. The molecule has 0 saturated carbocycles. The summed E-state index contributed by atoms with van der Waals surface area (Å²) in [6.45, 7) is 2.34. The number of amides is 3. The highest BCUT2D eigenvalue weighted by atomic mass is 35.5. The maximum absolute atomic E-state index is 11.5. The fourth-order valence-corrected chi connectivity index (χ4v) is 1.79. The van der Waals surface area contributed by atoms with Gasteiger partial charge in [-0.25, -0.2) is 9.69 Å². The van der Waals surface area contributed by atoms with Gasteiger partial charge in [-0.05, 0) is 19.1 Å². The topological polar surface area (TPSA) is 58.6 Å². The van der Waals surface area contributed by atoms with E-state index in [1.165, 1.54) is 0 Å². The smallest absolute Gasteiger partial charge is 0.329 e. The van der Waals surface area contributed by atoms with E-state index in [1.807, 2.05) is 6.92 Å². The van der Waals surface area contributed by atoms with E-state index in [0.717, 1.165) is 4.90 Å². The fourth-order valence-electron chi connectivity index (χ4n) is 1.59. The molecule has 1 fully saturated rings. The third kappa shape index (κ3) is 2.19. The number of nitrogens with one attached hydrogen (secondary N) is 1. The minimum absolute atomic E-state index is 0.00593. The first-order valence-electron chi connectivity index (χ1n) is 5.16. The van der Waals surface area contributed by atoms with Crippen LogP contribution in [0.5, 0.6) is 5.75 Å². The second-order valence-electron chi connectivity index (χ2n) is 3.43. The van der Waals surface area contributed by atoms with Crippen molar-refractivity contribution in [2.45, 2.75) is 6.92 Å². The number of benzene rings is 1. The van der Waals surface area contributed by atoms with Gasteiger partial charge in [0.25, 0.3) is 5.91 Å². The number of rotatable bonds is 3. The molecule has 6 heteroatoms. The van der Waals surface area contributed by atoms with E-state index in [4.69, 9.17) is 16.3 Å². The number of ether oxygens (including phenoxy) is 1. The first kappa shape index (κ1) is 11.7. The van der Waals surface area contributed by atoms with Gasteiger partial charge in [0.05, 0.1) is 23.9 Å². The van der Waals surface area contributed by atoms with Crippen LogP contribution in [-0.2, 0) is 4.79 Å². The number of imide groups is 1. The van der Waals surface area contributed by atoms with E-state index >= 15 is 0 Å². The van der Waals surface area contributed by atoms with Crippen LogP contribution in [-0.4, -0.2) is 25.1 Å². The monoisotopic (exact) mass is 254 g/mol. The lowest BCUT2D eigenvalue weighted by molar-refractivity contribution is -0.115. The third-order valence-electron chi connectivity index (χ3n) is 2.31. The Bertz CT molecular complexity index is 460. The number of carbonyl (C=O) groups is 2. The number of urea groups is 1. The summed E-state index contributed by atoms with van der Waals surface area (Å²) in [5.74, 6) is 0.241. The molecule has 1 aromatic rings. The fraction of sp³-hybridized carbons (Fsp3) is 0.273. The normalized spacial score (nSPS) is 15.1. The van der Waals surface area contributed by atoms with Crippen LogP contribution in [0.15, 0.2) is 18.2 Å². The summed E-state index contributed by atoms with van der Waals surface area (Å²) in [5.41, 5.74) is 0.345. The van der Waals surface area contributed by atoms with Gasteiger partial charge in [0.1, 0.15) is 5.75 Å². The highest BCUT2D eigenvalue weighted by Gasteiger charge is 2.31. The summed E-state index contributed by atoms with van der Waals surface area (Å²) in [6.07, 6.45) is 0. The molecule has 0 atom stereocenters. The number of halogens is 1. The van der Waals surface area contributed by atoms with Gasteiger partial charge < -0.3 is 10.1 Å². The Kier molecular flexibility index (Phi) is 3.19. The van der Waals surface area contributed by atoms with Crippen LogP contribution >= 0.6 is 11.6 Å². The van der Waals surface area contributed by atoms with Crippen LogP contribution in [0.3, 0.4) is 0 Å². The Morgan fingerprint density at radius 1 is 1.47 bits per heavy atom. The minimum Gasteiger partial charge on any atom is -0.494 e. The average Bonchev–Trinajstić information content (AvgIpc) is 2.62. The largest absolute Gasteiger partial charge is 0.494 e. The summed E-state index contributed by atoms with van der Waals surface area (Å²) in [6, 6.07) is 4.40. The summed E-state index contributed by atoms with van der Waals surface area (Å²) >= 11 is 5.98. The van der Waals surface area contributed by atoms with Gasteiger partial charge in [0.2, 0.25) is 0 Å². The van der Waals surface area contributed by atoms with Gasteiger partial charge in [0, 0.05) is 6.07 Å². The average molecular weight is 255 g/mol. The van der Waals surface area contributed by atoms with Gasteiger partial charge >= 0.3 is 6.03 Å². The second-order valence-corrected chi connectivity index (χ2v) is 3.84. The molecule has 0 bridgehead atoms. The van der Waals surface area contributed by atoms with Crippen LogP contribution < -0.4 is 15.0 Å². The lowest BCUT2D eigenvalue weighted by Crippen LogP contribution is -2.30. The minimum atomic E-state index is -0.467. The van der Waals surface area contributed by atoms with Crippen LogP contribution in [0.25, 0.3) is 0 Å². The quantitative estimate of drug-likeness (QED) is 0.837. The van der Waals surface area contributed by atoms with Gasteiger partial charge in [0.15, 0.2) is 0 Å². The Balaban J connectivity index is 2.39. The predicted octanol–water partition coefficient (Wildman–Crippen LogP) is 1.79. The number of hydrogen-bond donors (Lipinski definition) is 1. The van der Waals surface area contributed by atoms with E-state index in [1.54, 1.807) is 18.2 Å². The molecule has 0 aromatic heterocycles. The molecule has 0 aliphatic carbocycles. The zero-order chi connectivity index (χ0) is 12.4. The van der Waals surface area contributed by atoms with Crippen LogP contribution in [0.1, 0.15) is 6.92 Å². The summed E-state index contributed by atoms with van der Waals surface area (Å²) in [7, 11) is 0. The Hall–Kier alpha value is -1.75. The van der Waals surface area contributed by atoms with Crippen LogP contribution in [0.2, 0.25) is 5.02 Å². The Morgan fingerprint density at radius 2 is 2.24 bits per heavy atom. The van der Waals surface area contributed by atoms with Crippen molar-refractivity contribution in [2.24, 2.45) is 0 Å². The zero-order valence-corrected chi connectivity index (χ0v) is 9.95. The van der Waals surface area contributed by atoms with Gasteiger partial charge in [-0.1, -0.05) is 11.6 Å². The van der Waals surface area contributed by atoms with Crippen molar-refractivity contribution >= 4 is 29.2 Å². The molecule has 1 heterocycles. The maximum Gasteiger partial charge on any atom is 0.329 e. The SMILES string of the molecule is CCOc1ccc(Cl)c(N2C(=O)CNC2=O)c1. The number of anilines is 1. The zero-order valence-electron chi connectivity index (χ0n) is 9.20. The molecule has 90 valence electrons. The van der Waals surface area contributed by atoms with Crippen molar-refractivity contribution in [1.29, 1.82) is 0 Å². The van der Waals surface area contributed by atoms with E-state index in [2.05, 4.69) is 5.32 Å². The van der Waals surface area contributed by atoms with E-state index in [-0.39, 0.29) is 12.5 Å². The van der Waals surface area contributed by atoms with Crippen molar-refractivity contribution in [2.75, 3.05) is 18.1 Å². The van der Waals surface area contributed by atoms with Crippen molar-refractivity contribution in [1.82, 2.24) is 5.32 Å². The molecule has 3 amide bonds. The molecule has 0 spiro atoms. The van der Waals surface area contributed by atoms with Crippen LogP contribution in [0, 0.1) is 0 Å². The second kappa shape index (κ2) is 4.63. The van der Waals surface area contributed by atoms with Crippen LogP contribution in [0.4, 0.5) is 10.5 Å². The Labute approximate surface area is 103 Å². The number of hydrogen-bond acceptors (Lipinski definition) is 3. The lowest BCUT2D eigenvalue weighted by atomic mass is 10.2. The first-order chi connectivity index (χ1) is 8.13. The summed E-state index contributed by atoms with van der Waals surface area (Å²) in [4.78, 5) is 24.1. The Morgan fingerprint density at radius 3 is 2.82 bits per heavy atom. The molecule has 1 aliphatic rings. The molecular weight excluding hydrogens is 244 g/mol. The van der Waals surface area contributed by atoms with Gasteiger partial charge in [-0.3, -0.25) is 4.79 Å². The third-order valence-corrected chi connectivity index (χ3v) is 2.63. The van der Waals surface area contributed by atoms with Crippen molar-refractivity contribution < 1.29 is 14.3 Å². The van der Waals surface area contributed by atoms with E-state index in [0.29, 0.717) is 23.1 Å². The molecule has 1 N–H and O–H groups in total. The predicted molar refractivity (Wildman–Crippen MR) is 63.5 cm³/mol. The summed E-state index contributed by atoms with van der Waals surface area (Å²) in [5, 5.41) is 2.77. The van der Waals surface area contributed by atoms with Crippen molar-refractivity contribution in [3.63, 3.8) is 0 Å². The maximum atomic E-state index is 11.5. The van der Waals surface area contributed by atoms with Crippen molar-refractivity contribution in [3.8, 4) is 5.75 Å². The highest BCUT2D eigenvalue weighted by molar-refractivity contribution is 6.35. The van der Waals surface area contributed by atoms with Crippen molar-refractivity contribution in [3.05, 3.63) is 23.2 Å². The number of nitrogens with zero attached hydrogens (tertiary/aromatic N) is 1. The van der Waals surface area contributed by atoms with Gasteiger partial charge in [-0.15, -0.1) is 0 Å². The standard InChI is InChI=1S/C11H11ClN2O3/c1-2-17-7-3-4-8(12)9(5-7)14-10(15)6-13-11(14)16/h3-5H,2,6H2,1H3,(H,13,16). The molecule has 2 rings (SSSR count). The molecule has 5 nitrogen and oxygen atoms in total. The molecular formula is C11H11ClN2O3. The highest BCUT2D eigenvalue weighted by Crippen LogP contribution is 2.31. The molecule has 1 aromatic carbocycles. The van der Waals surface area contributed by atoms with E-state index in [9.17, 15) is 9.59 Å². The molecule has 1 saturated heterocycles. The van der Waals surface area contributed by atoms with E-state index < -0.39 is 6.03 Å². The number of carbonyl (C=O) groups excluding carboxylic acids is 2. The molecule has 0 radical (unpaired) electrons. The molecule has 1 aliphatic heterocycles.